The summed E-state index contributed by atoms with van der Waals surface area (Å²) in [4.78, 5) is 5.75. The van der Waals surface area contributed by atoms with Gasteiger partial charge in [-0.15, -0.1) is 12.4 Å². The van der Waals surface area contributed by atoms with Crippen LogP contribution in [-0.4, -0.2) is 36.2 Å². The van der Waals surface area contributed by atoms with E-state index in [-0.39, 0.29) is 37.2 Å². The topological polar surface area (TPSA) is 110 Å². The molecule has 0 aliphatic carbocycles. The number of nitrogens with two attached hydrogens (primary N) is 2. The molecule has 0 saturated heterocycles. The lowest BCUT2D eigenvalue weighted by Gasteiger charge is -2.28. The van der Waals surface area contributed by atoms with Gasteiger partial charge >= 0.3 is 0 Å². The number of rotatable bonds is 5. The van der Waals surface area contributed by atoms with Crippen molar-refractivity contribution in [3.63, 3.8) is 0 Å². The molecule has 1 aromatic rings. The highest BCUT2D eigenvalue weighted by Crippen LogP contribution is 2.32. The van der Waals surface area contributed by atoms with Crippen LogP contribution < -0.4 is 20.9 Å². The van der Waals surface area contributed by atoms with Crippen LogP contribution >= 0.6 is 12.4 Å². The van der Waals surface area contributed by atoms with Gasteiger partial charge in [0, 0.05) is 12.6 Å². The highest BCUT2D eigenvalue weighted by Gasteiger charge is 2.17. The second-order valence-electron chi connectivity index (χ2n) is 5.25. The van der Waals surface area contributed by atoms with Crippen LogP contribution in [0.5, 0.6) is 11.5 Å². The Kier molecular flexibility index (Phi) is 6.96. The van der Waals surface area contributed by atoms with Gasteiger partial charge in [0.1, 0.15) is 0 Å². The van der Waals surface area contributed by atoms with Crippen molar-refractivity contribution in [2.45, 2.75) is 32.7 Å². The monoisotopic (exact) mass is 341 g/mol. The number of nitrogens with one attached hydrogen (secondary N) is 1. The predicted octanol–water partition coefficient (Wildman–Crippen LogP) is 1.69. The summed E-state index contributed by atoms with van der Waals surface area (Å²) in [5.41, 5.74) is 11.9. The van der Waals surface area contributed by atoms with Crippen LogP contribution in [-0.2, 0) is 6.42 Å². The number of hydrogen-bond acceptors (Lipinski definition) is 3. The molecule has 0 saturated carbocycles. The van der Waals surface area contributed by atoms with Gasteiger partial charge in [-0.1, -0.05) is 13.0 Å². The van der Waals surface area contributed by atoms with E-state index in [4.69, 9.17) is 26.4 Å². The Morgan fingerprint density at radius 3 is 2.70 bits per heavy atom. The Morgan fingerprint density at radius 1 is 1.35 bits per heavy atom. The molecular weight excluding hydrogens is 318 g/mol. The maximum atomic E-state index is 8.03. The van der Waals surface area contributed by atoms with Crippen molar-refractivity contribution in [2.75, 3.05) is 13.3 Å². The zero-order valence-corrected chi connectivity index (χ0v) is 14.2. The molecule has 0 spiro atoms. The molecule has 0 fully saturated rings. The SMILES string of the molecule is CCC(C)N(CCc1ccc2c(c1)OCO2)C(=N)N=C(N)N.Cl. The zero-order chi connectivity index (χ0) is 16.1. The van der Waals surface area contributed by atoms with E-state index >= 15 is 0 Å². The number of aliphatic imine (C=N–C) groups is 1. The predicted molar refractivity (Wildman–Crippen MR) is 93.5 cm³/mol. The molecule has 1 atom stereocenters. The number of fused-ring (bicyclic) bond motifs is 1. The molecule has 1 aliphatic heterocycles. The summed E-state index contributed by atoms with van der Waals surface area (Å²) in [5.74, 6) is 1.54. The third-order valence-corrected chi connectivity index (χ3v) is 3.71. The minimum absolute atomic E-state index is 0. The van der Waals surface area contributed by atoms with Gasteiger partial charge in [-0.05, 0) is 37.5 Å². The highest BCUT2D eigenvalue weighted by molar-refractivity contribution is 5.91. The van der Waals surface area contributed by atoms with Gasteiger partial charge in [-0.25, -0.2) is 0 Å². The molecule has 0 aromatic heterocycles. The summed E-state index contributed by atoms with van der Waals surface area (Å²) < 4.78 is 10.7. The van der Waals surface area contributed by atoms with Crippen molar-refractivity contribution < 1.29 is 9.47 Å². The van der Waals surface area contributed by atoms with Crippen LogP contribution in [0.15, 0.2) is 23.2 Å². The number of halogens is 1. The second-order valence-corrected chi connectivity index (χ2v) is 5.25. The smallest absolute Gasteiger partial charge is 0.231 e. The molecule has 8 heteroatoms. The van der Waals surface area contributed by atoms with Crippen LogP contribution in [0, 0.1) is 5.41 Å². The molecule has 128 valence electrons. The van der Waals surface area contributed by atoms with E-state index in [2.05, 4.69) is 18.8 Å². The fraction of sp³-hybridized carbons (Fsp3) is 0.467. The van der Waals surface area contributed by atoms with E-state index in [1.165, 1.54) is 0 Å². The number of hydrogen-bond donors (Lipinski definition) is 3. The largest absolute Gasteiger partial charge is 0.454 e. The molecule has 23 heavy (non-hydrogen) atoms. The average Bonchev–Trinajstić information content (AvgIpc) is 2.93. The van der Waals surface area contributed by atoms with Crippen LogP contribution in [0.1, 0.15) is 25.8 Å². The van der Waals surface area contributed by atoms with Crippen LogP contribution in [0.2, 0.25) is 0 Å². The standard InChI is InChI=1S/C15H23N5O2.ClH/c1-3-10(2)20(15(18)19-14(16)17)7-6-11-4-5-12-13(8-11)22-9-21-12;/h4-5,8,10H,3,6-7,9H2,1-2H3,(H5,16,17,18,19);1H. The number of benzene rings is 1. The minimum Gasteiger partial charge on any atom is -0.454 e. The normalized spacial score (nSPS) is 13.0. The molecule has 0 amide bonds. The lowest BCUT2D eigenvalue weighted by atomic mass is 10.1. The van der Waals surface area contributed by atoms with Gasteiger partial charge in [0.2, 0.25) is 12.8 Å². The lowest BCUT2D eigenvalue weighted by molar-refractivity contribution is 0.174. The first-order valence-electron chi connectivity index (χ1n) is 7.34. The van der Waals surface area contributed by atoms with E-state index in [1.807, 2.05) is 23.1 Å². The maximum Gasteiger partial charge on any atom is 0.231 e. The van der Waals surface area contributed by atoms with Gasteiger partial charge in [0.15, 0.2) is 17.5 Å². The van der Waals surface area contributed by atoms with Crippen LogP contribution in [0.4, 0.5) is 0 Å². The molecule has 0 bridgehead atoms. The summed E-state index contributed by atoms with van der Waals surface area (Å²) in [7, 11) is 0. The summed E-state index contributed by atoms with van der Waals surface area (Å²) in [6.45, 7) is 5.05. The van der Waals surface area contributed by atoms with Crippen molar-refractivity contribution in [2.24, 2.45) is 16.5 Å². The van der Waals surface area contributed by atoms with Crippen molar-refractivity contribution >= 4 is 24.3 Å². The lowest BCUT2D eigenvalue weighted by Crippen LogP contribution is -2.40. The van der Waals surface area contributed by atoms with Gasteiger partial charge < -0.3 is 25.8 Å². The number of nitrogens with zero attached hydrogens (tertiary/aromatic N) is 2. The fourth-order valence-corrected chi connectivity index (χ4v) is 2.29. The molecule has 1 aliphatic rings. The van der Waals surface area contributed by atoms with Crippen LogP contribution in [0.3, 0.4) is 0 Å². The molecule has 1 heterocycles. The van der Waals surface area contributed by atoms with E-state index in [0.717, 1.165) is 29.9 Å². The molecule has 0 radical (unpaired) electrons. The minimum atomic E-state index is -0.0959. The van der Waals surface area contributed by atoms with Crippen molar-refractivity contribution in [1.82, 2.24) is 4.90 Å². The van der Waals surface area contributed by atoms with Gasteiger partial charge in [0.05, 0.1) is 0 Å². The first kappa shape index (κ1) is 18.9. The summed E-state index contributed by atoms with van der Waals surface area (Å²) in [6, 6.07) is 6.07. The van der Waals surface area contributed by atoms with Crippen molar-refractivity contribution in [3.05, 3.63) is 23.8 Å². The Labute approximate surface area is 142 Å². The van der Waals surface area contributed by atoms with E-state index in [9.17, 15) is 0 Å². The van der Waals surface area contributed by atoms with Gasteiger partial charge in [0.25, 0.3) is 0 Å². The average molecular weight is 342 g/mol. The Balaban J connectivity index is 0.00000264. The van der Waals surface area contributed by atoms with Crippen LogP contribution in [0.25, 0.3) is 0 Å². The molecule has 7 nitrogen and oxygen atoms in total. The maximum absolute atomic E-state index is 8.03. The van der Waals surface area contributed by atoms with E-state index in [0.29, 0.717) is 6.54 Å². The van der Waals surface area contributed by atoms with Gasteiger partial charge in [-0.2, -0.15) is 4.99 Å². The van der Waals surface area contributed by atoms with E-state index in [1.54, 1.807) is 0 Å². The third kappa shape index (κ3) is 4.92. The van der Waals surface area contributed by atoms with Crippen molar-refractivity contribution in [1.29, 1.82) is 5.41 Å². The molecular formula is C15H24ClN5O2. The Hall–Kier alpha value is -2.15. The summed E-state index contributed by atoms with van der Waals surface area (Å²) in [6.07, 6.45) is 1.67. The first-order chi connectivity index (χ1) is 10.5. The second kappa shape index (κ2) is 8.47. The van der Waals surface area contributed by atoms with Crippen molar-refractivity contribution in [3.8, 4) is 11.5 Å². The fourth-order valence-electron chi connectivity index (χ4n) is 2.29. The van der Waals surface area contributed by atoms with Gasteiger partial charge in [-0.3, -0.25) is 5.41 Å². The molecule has 1 aromatic carbocycles. The first-order valence-corrected chi connectivity index (χ1v) is 7.34. The molecule has 1 unspecified atom stereocenters. The summed E-state index contributed by atoms with van der Waals surface area (Å²) >= 11 is 0. The Bertz CT molecular complexity index is 575. The quantitative estimate of drug-likeness (QED) is 0.557. The molecule has 2 rings (SSSR count). The summed E-state index contributed by atoms with van der Waals surface area (Å²) in [5, 5.41) is 8.03. The highest BCUT2D eigenvalue weighted by atomic mass is 35.5. The van der Waals surface area contributed by atoms with E-state index < -0.39 is 0 Å². The molecule has 5 N–H and O–H groups in total. The Morgan fingerprint density at radius 2 is 2.04 bits per heavy atom. The number of guanidine groups is 2. The third-order valence-electron chi connectivity index (χ3n) is 3.71. The zero-order valence-electron chi connectivity index (χ0n) is 13.4. The number of ether oxygens (including phenoxy) is 2.